The molecule has 1 aliphatic carbocycles. The smallest absolute Gasteiger partial charge is 0.328 e. The Morgan fingerprint density at radius 2 is 2.17 bits per heavy atom. The number of rotatable bonds is 5. The van der Waals surface area contributed by atoms with Crippen LogP contribution in [0.4, 0.5) is 5.69 Å². The predicted octanol–water partition coefficient (Wildman–Crippen LogP) is 2.71. The van der Waals surface area contributed by atoms with Gasteiger partial charge in [0.05, 0.1) is 19.2 Å². The number of halogens is 1. The van der Waals surface area contributed by atoms with Crippen LogP contribution in [0.2, 0.25) is 5.02 Å². The van der Waals surface area contributed by atoms with E-state index in [-0.39, 0.29) is 12.0 Å². The molecule has 2 rings (SSSR count). The van der Waals surface area contributed by atoms with Crippen LogP contribution >= 0.6 is 11.6 Å². The highest BCUT2D eigenvalue weighted by Gasteiger charge is 2.37. The third kappa shape index (κ3) is 2.88. The Morgan fingerprint density at radius 3 is 2.67 bits per heavy atom. The van der Waals surface area contributed by atoms with Crippen molar-refractivity contribution in [3.63, 3.8) is 0 Å². The second-order valence-corrected chi connectivity index (χ2v) is 4.74. The fourth-order valence-corrected chi connectivity index (χ4v) is 2.12. The van der Waals surface area contributed by atoms with E-state index < -0.39 is 0 Å². The first-order valence-corrected chi connectivity index (χ1v) is 6.21. The highest BCUT2D eigenvalue weighted by Crippen LogP contribution is 2.35. The molecule has 0 radical (unpaired) electrons. The molecule has 0 amide bonds. The van der Waals surface area contributed by atoms with Crippen molar-refractivity contribution in [1.82, 2.24) is 0 Å². The first kappa shape index (κ1) is 13.0. The van der Waals surface area contributed by atoms with Crippen molar-refractivity contribution in [2.75, 3.05) is 19.5 Å². The molecule has 0 saturated heterocycles. The number of esters is 1. The van der Waals surface area contributed by atoms with Crippen LogP contribution in [0.1, 0.15) is 12.8 Å². The lowest BCUT2D eigenvalue weighted by atomic mass is 10.1. The second kappa shape index (κ2) is 5.48. The minimum Gasteiger partial charge on any atom is -0.495 e. The Labute approximate surface area is 111 Å². The number of benzene rings is 1. The third-order valence-electron chi connectivity index (χ3n) is 3.02. The van der Waals surface area contributed by atoms with Crippen LogP contribution in [0.3, 0.4) is 0 Å². The Hall–Kier alpha value is -1.42. The van der Waals surface area contributed by atoms with Crippen molar-refractivity contribution < 1.29 is 14.3 Å². The second-order valence-electron chi connectivity index (χ2n) is 4.33. The van der Waals surface area contributed by atoms with E-state index in [2.05, 4.69) is 5.32 Å². The standard InChI is InChI=1S/C13H16ClNO3/c1-17-11-6-5-9(7-10(11)14)15-12(8-3-4-8)13(16)18-2/h5-8,12,15H,3-4H2,1-2H3. The molecule has 0 bridgehead atoms. The monoisotopic (exact) mass is 269 g/mol. The zero-order chi connectivity index (χ0) is 13.1. The van der Waals surface area contributed by atoms with Crippen molar-refractivity contribution in [1.29, 1.82) is 0 Å². The normalized spacial score (nSPS) is 15.9. The van der Waals surface area contributed by atoms with E-state index in [0.717, 1.165) is 18.5 Å². The molecular weight excluding hydrogens is 254 g/mol. The summed E-state index contributed by atoms with van der Waals surface area (Å²) in [5.74, 6) is 0.742. The molecular formula is C13H16ClNO3. The minimum absolute atomic E-state index is 0.232. The SMILES string of the molecule is COC(=O)C(Nc1ccc(OC)c(Cl)c1)C1CC1. The highest BCUT2D eigenvalue weighted by atomic mass is 35.5. The summed E-state index contributed by atoms with van der Waals surface area (Å²) in [6.45, 7) is 0. The Bertz CT molecular complexity index is 446. The maximum absolute atomic E-state index is 11.7. The van der Waals surface area contributed by atoms with Gasteiger partial charge >= 0.3 is 5.97 Å². The number of ether oxygens (including phenoxy) is 2. The van der Waals surface area contributed by atoms with Crippen LogP contribution in [0.15, 0.2) is 18.2 Å². The first-order chi connectivity index (χ1) is 8.65. The number of anilines is 1. The van der Waals surface area contributed by atoms with Gasteiger partial charge in [0.1, 0.15) is 11.8 Å². The number of carbonyl (C=O) groups is 1. The molecule has 0 heterocycles. The molecule has 18 heavy (non-hydrogen) atoms. The average molecular weight is 270 g/mol. The fourth-order valence-electron chi connectivity index (χ4n) is 1.86. The van der Waals surface area contributed by atoms with Crippen LogP contribution < -0.4 is 10.1 Å². The molecule has 1 aromatic rings. The van der Waals surface area contributed by atoms with Gasteiger partial charge in [-0.05, 0) is 37.0 Å². The molecule has 5 heteroatoms. The largest absolute Gasteiger partial charge is 0.495 e. The summed E-state index contributed by atoms with van der Waals surface area (Å²) in [6, 6.07) is 5.06. The molecule has 0 aliphatic heterocycles. The Morgan fingerprint density at radius 1 is 1.44 bits per heavy atom. The van der Waals surface area contributed by atoms with Gasteiger partial charge in [-0.2, -0.15) is 0 Å². The van der Waals surface area contributed by atoms with Gasteiger partial charge in [0.25, 0.3) is 0 Å². The van der Waals surface area contributed by atoms with Crippen LogP contribution in [-0.2, 0) is 9.53 Å². The van der Waals surface area contributed by atoms with Crippen molar-refractivity contribution in [2.24, 2.45) is 5.92 Å². The number of carbonyl (C=O) groups excluding carboxylic acids is 1. The van der Waals surface area contributed by atoms with Crippen LogP contribution in [0, 0.1) is 5.92 Å². The molecule has 4 nitrogen and oxygen atoms in total. The lowest BCUT2D eigenvalue weighted by molar-refractivity contribution is -0.142. The number of nitrogens with one attached hydrogen (secondary N) is 1. The molecule has 1 fully saturated rings. The summed E-state index contributed by atoms with van der Waals surface area (Å²) in [5.41, 5.74) is 0.795. The van der Waals surface area contributed by atoms with Gasteiger partial charge in [0.15, 0.2) is 0 Å². The van der Waals surface area contributed by atoms with Crippen LogP contribution in [0.5, 0.6) is 5.75 Å². The average Bonchev–Trinajstić information content (AvgIpc) is 3.19. The maximum atomic E-state index is 11.7. The number of hydrogen-bond acceptors (Lipinski definition) is 4. The zero-order valence-electron chi connectivity index (χ0n) is 10.4. The lowest BCUT2D eigenvalue weighted by Crippen LogP contribution is -2.32. The summed E-state index contributed by atoms with van der Waals surface area (Å²) >= 11 is 6.04. The summed E-state index contributed by atoms with van der Waals surface area (Å²) in [4.78, 5) is 11.7. The Balaban J connectivity index is 2.11. The molecule has 1 aliphatic rings. The Kier molecular flexibility index (Phi) is 3.97. The third-order valence-corrected chi connectivity index (χ3v) is 3.32. The molecule has 0 spiro atoms. The van der Waals surface area contributed by atoms with Gasteiger partial charge in [0.2, 0.25) is 0 Å². The van der Waals surface area contributed by atoms with E-state index in [9.17, 15) is 4.79 Å². The van der Waals surface area contributed by atoms with Gasteiger partial charge in [-0.15, -0.1) is 0 Å². The fraction of sp³-hybridized carbons (Fsp3) is 0.462. The van der Waals surface area contributed by atoms with E-state index in [1.165, 1.54) is 7.11 Å². The molecule has 98 valence electrons. The topological polar surface area (TPSA) is 47.6 Å². The molecule has 1 unspecified atom stereocenters. The first-order valence-electron chi connectivity index (χ1n) is 5.83. The van der Waals surface area contributed by atoms with Gasteiger partial charge < -0.3 is 14.8 Å². The molecule has 1 aromatic carbocycles. The van der Waals surface area contributed by atoms with E-state index >= 15 is 0 Å². The molecule has 0 aromatic heterocycles. The lowest BCUT2D eigenvalue weighted by Gasteiger charge is -2.17. The number of methoxy groups -OCH3 is 2. The van der Waals surface area contributed by atoms with Gasteiger partial charge in [-0.3, -0.25) is 0 Å². The van der Waals surface area contributed by atoms with Crippen molar-refractivity contribution in [2.45, 2.75) is 18.9 Å². The molecule has 1 saturated carbocycles. The molecule has 1 atom stereocenters. The summed E-state index contributed by atoms with van der Waals surface area (Å²) in [5, 5.41) is 3.68. The van der Waals surface area contributed by atoms with Gasteiger partial charge in [-0.25, -0.2) is 4.79 Å². The zero-order valence-corrected chi connectivity index (χ0v) is 11.2. The summed E-state index contributed by atoms with van der Waals surface area (Å²) in [7, 11) is 2.97. The van der Waals surface area contributed by atoms with Crippen LogP contribution in [-0.4, -0.2) is 26.2 Å². The van der Waals surface area contributed by atoms with E-state index in [4.69, 9.17) is 21.1 Å². The summed E-state index contributed by atoms with van der Waals surface area (Å²) in [6.07, 6.45) is 2.10. The van der Waals surface area contributed by atoms with Crippen molar-refractivity contribution in [3.05, 3.63) is 23.2 Å². The van der Waals surface area contributed by atoms with Crippen LogP contribution in [0.25, 0.3) is 0 Å². The quantitative estimate of drug-likeness (QED) is 0.835. The van der Waals surface area contributed by atoms with Gasteiger partial charge in [-0.1, -0.05) is 11.6 Å². The summed E-state index contributed by atoms with van der Waals surface area (Å²) < 4.78 is 9.88. The minimum atomic E-state index is -0.292. The predicted molar refractivity (Wildman–Crippen MR) is 70.2 cm³/mol. The van der Waals surface area contributed by atoms with E-state index in [1.54, 1.807) is 19.2 Å². The van der Waals surface area contributed by atoms with Crippen molar-refractivity contribution >= 4 is 23.3 Å². The van der Waals surface area contributed by atoms with E-state index in [0.29, 0.717) is 16.7 Å². The maximum Gasteiger partial charge on any atom is 0.328 e. The molecule has 1 N–H and O–H groups in total. The highest BCUT2D eigenvalue weighted by molar-refractivity contribution is 6.32. The van der Waals surface area contributed by atoms with Gasteiger partial charge in [0, 0.05) is 5.69 Å². The number of hydrogen-bond donors (Lipinski definition) is 1. The van der Waals surface area contributed by atoms with Crippen molar-refractivity contribution in [3.8, 4) is 5.75 Å². The van der Waals surface area contributed by atoms with E-state index in [1.807, 2.05) is 6.07 Å².